The highest BCUT2D eigenvalue weighted by Crippen LogP contribution is 2.43. The number of ketones is 1. The Labute approximate surface area is 190 Å². The Balaban J connectivity index is 1.83. The van der Waals surface area contributed by atoms with Crippen LogP contribution in [-0.2, 0) is 14.3 Å². The molecule has 1 saturated heterocycles. The molecule has 2 N–H and O–H groups in total. The van der Waals surface area contributed by atoms with Crippen LogP contribution in [0.5, 0.6) is 23.0 Å². The molecule has 0 aromatic heterocycles. The Morgan fingerprint density at radius 1 is 1.15 bits per heavy atom. The van der Waals surface area contributed by atoms with Gasteiger partial charge in [-0.25, -0.2) is 0 Å². The molecule has 33 heavy (non-hydrogen) atoms. The second-order valence-electron chi connectivity index (χ2n) is 7.57. The Bertz CT molecular complexity index is 1110. The van der Waals surface area contributed by atoms with E-state index in [0.717, 1.165) is 0 Å². The molecule has 2 aliphatic heterocycles. The first-order chi connectivity index (χ1) is 16.0. The molecule has 2 aromatic rings. The lowest BCUT2D eigenvalue weighted by atomic mass is 9.94. The summed E-state index contributed by atoms with van der Waals surface area (Å²) in [6.07, 6.45) is 0.500. The molecule has 2 aliphatic rings. The van der Waals surface area contributed by atoms with Crippen molar-refractivity contribution in [3.8, 4) is 23.0 Å². The van der Waals surface area contributed by atoms with E-state index >= 15 is 0 Å². The van der Waals surface area contributed by atoms with Gasteiger partial charge in [0, 0.05) is 25.8 Å². The van der Waals surface area contributed by atoms with Crippen LogP contribution in [0.1, 0.15) is 30.5 Å². The van der Waals surface area contributed by atoms with E-state index < -0.39 is 17.7 Å². The number of aliphatic hydroxyl groups excluding tert-OH is 1. The zero-order valence-corrected chi connectivity index (χ0v) is 18.4. The lowest BCUT2D eigenvalue weighted by molar-refractivity contribution is -0.140. The van der Waals surface area contributed by atoms with Crippen LogP contribution in [0, 0.1) is 0 Å². The fourth-order valence-corrected chi connectivity index (χ4v) is 4.01. The van der Waals surface area contributed by atoms with Crippen molar-refractivity contribution in [2.24, 2.45) is 0 Å². The van der Waals surface area contributed by atoms with Crippen molar-refractivity contribution in [3.63, 3.8) is 0 Å². The second-order valence-corrected chi connectivity index (χ2v) is 7.57. The molecule has 9 heteroatoms. The van der Waals surface area contributed by atoms with Crippen LogP contribution in [0.25, 0.3) is 5.76 Å². The minimum atomic E-state index is -0.868. The minimum absolute atomic E-state index is 0.0515. The number of carbonyl (C=O) groups excluding carboxylic acids is 2. The Morgan fingerprint density at radius 3 is 2.70 bits per heavy atom. The molecular weight excluding hydrogens is 430 g/mol. The summed E-state index contributed by atoms with van der Waals surface area (Å²) in [5, 5.41) is 21.3. The number of methoxy groups -OCH3 is 1. The van der Waals surface area contributed by atoms with Gasteiger partial charge in [0.2, 0.25) is 6.79 Å². The Morgan fingerprint density at radius 2 is 1.94 bits per heavy atom. The zero-order valence-electron chi connectivity index (χ0n) is 18.4. The standard InChI is InChI=1S/C24H25NO8/c1-3-31-18-11-14(5-7-16(18)26)21-20(23(28)24(29)25(21)9-4-10-30-2)22(27)15-6-8-17-19(12-15)33-13-32-17/h5-8,11-12,21,26-27H,3-4,9-10,13H2,1-2H3/b22-20+. The van der Waals surface area contributed by atoms with Gasteiger partial charge in [-0.3, -0.25) is 9.59 Å². The number of hydrogen-bond donors (Lipinski definition) is 2. The van der Waals surface area contributed by atoms with Gasteiger partial charge in [0.15, 0.2) is 23.0 Å². The number of Topliss-reactive ketones (excluding diaryl/α,β-unsaturated/α-hetero) is 1. The average molecular weight is 455 g/mol. The van der Waals surface area contributed by atoms with Gasteiger partial charge in [-0.05, 0) is 49.2 Å². The maximum atomic E-state index is 13.1. The highest BCUT2D eigenvalue weighted by Gasteiger charge is 2.46. The van der Waals surface area contributed by atoms with Crippen LogP contribution < -0.4 is 14.2 Å². The average Bonchev–Trinajstić information content (AvgIpc) is 3.38. The number of amides is 1. The summed E-state index contributed by atoms with van der Waals surface area (Å²) in [6.45, 7) is 2.81. The van der Waals surface area contributed by atoms with Gasteiger partial charge >= 0.3 is 0 Å². The fourth-order valence-electron chi connectivity index (χ4n) is 4.01. The summed E-state index contributed by atoms with van der Waals surface area (Å²) in [6, 6.07) is 8.55. The molecule has 2 heterocycles. The summed E-state index contributed by atoms with van der Waals surface area (Å²) in [4.78, 5) is 27.4. The van der Waals surface area contributed by atoms with Gasteiger partial charge in [-0.2, -0.15) is 0 Å². The molecule has 0 spiro atoms. The van der Waals surface area contributed by atoms with Crippen molar-refractivity contribution < 1.29 is 38.7 Å². The zero-order chi connectivity index (χ0) is 23.5. The molecule has 1 atom stereocenters. The number of phenolic OH excluding ortho intramolecular Hbond substituents is 1. The molecule has 1 fully saturated rings. The number of benzene rings is 2. The largest absolute Gasteiger partial charge is 0.507 e. The van der Waals surface area contributed by atoms with E-state index in [1.807, 2.05) is 0 Å². The molecule has 9 nitrogen and oxygen atoms in total. The van der Waals surface area contributed by atoms with Gasteiger partial charge in [-0.15, -0.1) is 0 Å². The summed E-state index contributed by atoms with van der Waals surface area (Å²) in [5.41, 5.74) is 0.794. The molecule has 1 unspecified atom stereocenters. The van der Waals surface area contributed by atoms with Gasteiger partial charge in [0.25, 0.3) is 11.7 Å². The summed E-state index contributed by atoms with van der Waals surface area (Å²) < 4.78 is 21.3. The van der Waals surface area contributed by atoms with Crippen LogP contribution in [-0.4, -0.2) is 60.5 Å². The van der Waals surface area contributed by atoms with Crippen LogP contribution >= 0.6 is 0 Å². The van der Waals surface area contributed by atoms with Crippen molar-refractivity contribution in [1.82, 2.24) is 4.90 Å². The number of nitrogens with zero attached hydrogens (tertiary/aromatic N) is 1. The number of rotatable bonds is 8. The minimum Gasteiger partial charge on any atom is -0.507 e. The smallest absolute Gasteiger partial charge is 0.295 e. The number of aromatic hydroxyl groups is 1. The van der Waals surface area contributed by atoms with Crippen molar-refractivity contribution in [3.05, 3.63) is 53.1 Å². The SMILES string of the molecule is CCOc1cc(C2/C(=C(\O)c3ccc4c(c3)OCO4)C(=O)C(=O)N2CCCOC)ccc1O. The lowest BCUT2D eigenvalue weighted by Gasteiger charge is -2.25. The normalized spacial score (nSPS) is 18.7. The molecule has 4 rings (SSSR count). The first kappa shape index (κ1) is 22.5. The van der Waals surface area contributed by atoms with E-state index in [-0.39, 0.29) is 36.2 Å². The van der Waals surface area contributed by atoms with E-state index in [2.05, 4.69) is 0 Å². The lowest BCUT2D eigenvalue weighted by Crippen LogP contribution is -2.31. The summed E-state index contributed by atoms with van der Waals surface area (Å²) >= 11 is 0. The topological polar surface area (TPSA) is 115 Å². The van der Waals surface area contributed by atoms with Crippen LogP contribution in [0.15, 0.2) is 42.0 Å². The van der Waals surface area contributed by atoms with Crippen molar-refractivity contribution in [2.45, 2.75) is 19.4 Å². The number of aliphatic hydroxyl groups is 1. The number of hydrogen-bond acceptors (Lipinski definition) is 8. The molecule has 0 radical (unpaired) electrons. The molecule has 0 aliphatic carbocycles. The number of likely N-dealkylation sites (tertiary alicyclic amines) is 1. The number of ether oxygens (including phenoxy) is 4. The van der Waals surface area contributed by atoms with Crippen LogP contribution in [0.3, 0.4) is 0 Å². The van der Waals surface area contributed by atoms with Crippen molar-refractivity contribution in [2.75, 3.05) is 33.7 Å². The number of phenols is 1. The third-order valence-corrected chi connectivity index (χ3v) is 5.53. The van der Waals surface area contributed by atoms with E-state index in [1.54, 1.807) is 44.4 Å². The predicted octanol–water partition coefficient (Wildman–Crippen LogP) is 2.98. The van der Waals surface area contributed by atoms with Gasteiger partial charge < -0.3 is 34.1 Å². The van der Waals surface area contributed by atoms with E-state index in [0.29, 0.717) is 42.3 Å². The highest BCUT2D eigenvalue weighted by molar-refractivity contribution is 6.46. The third-order valence-electron chi connectivity index (χ3n) is 5.53. The van der Waals surface area contributed by atoms with Gasteiger partial charge in [0.05, 0.1) is 18.2 Å². The number of fused-ring (bicyclic) bond motifs is 1. The van der Waals surface area contributed by atoms with E-state index in [4.69, 9.17) is 18.9 Å². The van der Waals surface area contributed by atoms with E-state index in [1.165, 1.54) is 11.0 Å². The molecule has 0 bridgehead atoms. The molecule has 1 amide bonds. The van der Waals surface area contributed by atoms with Gasteiger partial charge in [-0.1, -0.05) is 6.07 Å². The highest BCUT2D eigenvalue weighted by atomic mass is 16.7. The number of carbonyl (C=O) groups is 2. The van der Waals surface area contributed by atoms with Crippen LogP contribution in [0.2, 0.25) is 0 Å². The maximum absolute atomic E-state index is 13.1. The van der Waals surface area contributed by atoms with Crippen molar-refractivity contribution >= 4 is 17.4 Å². The van der Waals surface area contributed by atoms with Crippen molar-refractivity contribution in [1.29, 1.82) is 0 Å². The molecule has 2 aromatic carbocycles. The Hall–Kier alpha value is -3.72. The Kier molecular flexibility index (Phi) is 6.41. The summed E-state index contributed by atoms with van der Waals surface area (Å²) in [7, 11) is 1.56. The fraction of sp³-hybridized carbons (Fsp3) is 0.333. The monoisotopic (exact) mass is 455 g/mol. The van der Waals surface area contributed by atoms with E-state index in [9.17, 15) is 19.8 Å². The maximum Gasteiger partial charge on any atom is 0.295 e. The quantitative estimate of drug-likeness (QED) is 0.270. The van der Waals surface area contributed by atoms with Gasteiger partial charge in [0.1, 0.15) is 5.76 Å². The van der Waals surface area contributed by atoms with Crippen LogP contribution in [0.4, 0.5) is 0 Å². The predicted molar refractivity (Wildman–Crippen MR) is 117 cm³/mol. The molecular formula is C24H25NO8. The first-order valence-electron chi connectivity index (χ1n) is 10.6. The second kappa shape index (κ2) is 9.41. The first-order valence-corrected chi connectivity index (χ1v) is 10.6. The molecule has 0 saturated carbocycles. The third kappa shape index (κ3) is 4.19. The molecule has 174 valence electrons. The summed E-state index contributed by atoms with van der Waals surface area (Å²) in [5.74, 6) is -0.704.